The van der Waals surface area contributed by atoms with Crippen LogP contribution in [0.15, 0.2) is 12.2 Å². The number of hydrogen-bond acceptors (Lipinski definition) is 2. The molecule has 0 aromatic carbocycles. The lowest BCUT2D eigenvalue weighted by atomic mass is 10.3. The highest BCUT2D eigenvalue weighted by Gasteiger charge is 2.24. The quantitative estimate of drug-likeness (QED) is 0.628. The van der Waals surface area contributed by atoms with Gasteiger partial charge in [0.2, 0.25) is 5.91 Å². The third kappa shape index (κ3) is 2.85. The number of carbonyl (C=O) groups excluding carboxylic acids is 1. The Labute approximate surface area is 74.6 Å². The van der Waals surface area contributed by atoms with Crippen molar-refractivity contribution in [2.24, 2.45) is 0 Å². The summed E-state index contributed by atoms with van der Waals surface area (Å²) in [7, 11) is 0. The van der Waals surface area contributed by atoms with Crippen LogP contribution >= 0.6 is 0 Å². The molecule has 1 aliphatic heterocycles. The Kier molecular flexibility index (Phi) is 3.00. The van der Waals surface area contributed by atoms with Crippen LogP contribution in [0.5, 0.6) is 0 Å². The largest absolute Gasteiger partial charge is 0.478 e. The molecule has 0 aromatic rings. The molecular formula is C8H10FNO3. The van der Waals surface area contributed by atoms with Gasteiger partial charge in [-0.05, 0) is 6.42 Å². The fourth-order valence-electron chi connectivity index (χ4n) is 1.17. The molecule has 13 heavy (non-hydrogen) atoms. The van der Waals surface area contributed by atoms with Gasteiger partial charge in [-0.3, -0.25) is 4.79 Å². The highest BCUT2D eigenvalue weighted by Crippen LogP contribution is 2.12. The number of aliphatic carboxylic acids is 1. The van der Waals surface area contributed by atoms with Crippen LogP contribution in [-0.4, -0.2) is 41.1 Å². The van der Waals surface area contributed by atoms with Crippen molar-refractivity contribution in [3.05, 3.63) is 12.2 Å². The summed E-state index contributed by atoms with van der Waals surface area (Å²) >= 11 is 0. The first-order valence-corrected chi connectivity index (χ1v) is 3.93. The van der Waals surface area contributed by atoms with E-state index in [1.54, 1.807) is 0 Å². The summed E-state index contributed by atoms with van der Waals surface area (Å²) in [5.74, 6) is -1.62. The zero-order valence-electron chi connectivity index (χ0n) is 6.94. The molecule has 0 spiro atoms. The molecule has 1 rings (SSSR count). The van der Waals surface area contributed by atoms with Gasteiger partial charge in [0.1, 0.15) is 6.17 Å². The molecule has 1 unspecified atom stereocenters. The summed E-state index contributed by atoms with van der Waals surface area (Å²) in [5, 5.41) is 8.23. The van der Waals surface area contributed by atoms with E-state index in [4.69, 9.17) is 5.11 Å². The Bertz CT molecular complexity index is 252. The third-order valence-electron chi connectivity index (χ3n) is 1.81. The van der Waals surface area contributed by atoms with Crippen molar-refractivity contribution in [2.75, 3.05) is 13.1 Å². The molecule has 1 heterocycles. The van der Waals surface area contributed by atoms with Gasteiger partial charge in [0, 0.05) is 18.7 Å². The number of amides is 1. The van der Waals surface area contributed by atoms with Crippen LogP contribution in [0.3, 0.4) is 0 Å². The number of hydrogen-bond donors (Lipinski definition) is 1. The molecule has 1 saturated heterocycles. The highest BCUT2D eigenvalue weighted by atomic mass is 19.1. The minimum atomic E-state index is -1.18. The van der Waals surface area contributed by atoms with Crippen LogP contribution in [0.1, 0.15) is 6.42 Å². The maximum Gasteiger partial charge on any atom is 0.328 e. The van der Waals surface area contributed by atoms with Crippen LogP contribution in [0.4, 0.5) is 4.39 Å². The number of halogens is 1. The van der Waals surface area contributed by atoms with Crippen molar-refractivity contribution < 1.29 is 19.1 Å². The molecular weight excluding hydrogens is 177 g/mol. The smallest absolute Gasteiger partial charge is 0.328 e. The fourth-order valence-corrected chi connectivity index (χ4v) is 1.17. The summed E-state index contributed by atoms with van der Waals surface area (Å²) in [6, 6.07) is 0. The molecule has 0 aliphatic carbocycles. The summed E-state index contributed by atoms with van der Waals surface area (Å²) in [4.78, 5) is 22.5. The molecule has 1 amide bonds. The van der Waals surface area contributed by atoms with E-state index in [1.165, 1.54) is 4.90 Å². The standard InChI is InChI=1S/C8H10FNO3/c9-6-3-4-10(5-6)7(11)1-2-8(12)13/h1-2,6H,3-5H2,(H,12,13)/b2-1+. The number of alkyl halides is 1. The molecule has 72 valence electrons. The minimum Gasteiger partial charge on any atom is -0.478 e. The maximum absolute atomic E-state index is 12.6. The number of carbonyl (C=O) groups is 2. The Morgan fingerprint density at radius 3 is 2.62 bits per heavy atom. The summed E-state index contributed by atoms with van der Waals surface area (Å²) < 4.78 is 12.6. The van der Waals surface area contributed by atoms with Gasteiger partial charge in [-0.1, -0.05) is 0 Å². The molecule has 4 nitrogen and oxygen atoms in total. The molecule has 1 fully saturated rings. The minimum absolute atomic E-state index is 0.0722. The van der Waals surface area contributed by atoms with Crippen molar-refractivity contribution in [3.8, 4) is 0 Å². The van der Waals surface area contributed by atoms with E-state index in [0.717, 1.165) is 12.2 Å². The van der Waals surface area contributed by atoms with Gasteiger partial charge in [-0.2, -0.15) is 0 Å². The van der Waals surface area contributed by atoms with Gasteiger partial charge >= 0.3 is 5.97 Å². The molecule has 0 aromatic heterocycles. The van der Waals surface area contributed by atoms with E-state index in [2.05, 4.69) is 0 Å². The average Bonchev–Trinajstić information content (AvgIpc) is 2.47. The highest BCUT2D eigenvalue weighted by molar-refractivity contribution is 5.94. The van der Waals surface area contributed by atoms with E-state index >= 15 is 0 Å². The Balaban J connectivity index is 2.44. The zero-order chi connectivity index (χ0) is 9.84. The lowest BCUT2D eigenvalue weighted by Gasteiger charge is -2.11. The predicted molar refractivity (Wildman–Crippen MR) is 42.9 cm³/mol. The lowest BCUT2D eigenvalue weighted by Crippen LogP contribution is -2.27. The SMILES string of the molecule is O=C(O)/C=C/C(=O)N1CCC(F)C1. The number of nitrogens with zero attached hydrogens (tertiary/aromatic N) is 1. The van der Waals surface area contributed by atoms with E-state index in [0.29, 0.717) is 13.0 Å². The molecule has 0 radical (unpaired) electrons. The normalized spacial score (nSPS) is 22.5. The van der Waals surface area contributed by atoms with E-state index in [9.17, 15) is 14.0 Å². The predicted octanol–water partition coefficient (Wildman–Crippen LogP) is 0.198. The van der Waals surface area contributed by atoms with E-state index < -0.39 is 18.0 Å². The first-order chi connectivity index (χ1) is 6.09. The van der Waals surface area contributed by atoms with Gasteiger partial charge < -0.3 is 10.0 Å². The number of likely N-dealkylation sites (tertiary alicyclic amines) is 1. The van der Waals surface area contributed by atoms with Gasteiger partial charge in [-0.25, -0.2) is 9.18 Å². The van der Waals surface area contributed by atoms with Crippen LogP contribution in [-0.2, 0) is 9.59 Å². The Hall–Kier alpha value is -1.39. The molecule has 1 aliphatic rings. The number of rotatable bonds is 2. The molecule has 5 heteroatoms. The van der Waals surface area contributed by atoms with Crippen LogP contribution in [0.2, 0.25) is 0 Å². The first-order valence-electron chi connectivity index (χ1n) is 3.93. The average molecular weight is 187 g/mol. The maximum atomic E-state index is 12.6. The van der Waals surface area contributed by atoms with Gasteiger partial charge in [0.25, 0.3) is 0 Å². The van der Waals surface area contributed by atoms with Crippen molar-refractivity contribution >= 4 is 11.9 Å². The summed E-state index contributed by atoms with van der Waals surface area (Å²) in [6.45, 7) is 0.437. The van der Waals surface area contributed by atoms with Crippen molar-refractivity contribution in [2.45, 2.75) is 12.6 Å². The van der Waals surface area contributed by atoms with Crippen LogP contribution in [0, 0.1) is 0 Å². The van der Waals surface area contributed by atoms with Gasteiger partial charge in [0.15, 0.2) is 0 Å². The number of carboxylic acids is 1. The second-order valence-corrected chi connectivity index (χ2v) is 2.84. The second kappa shape index (κ2) is 4.02. The Morgan fingerprint density at radius 2 is 2.15 bits per heavy atom. The third-order valence-corrected chi connectivity index (χ3v) is 1.81. The lowest BCUT2D eigenvalue weighted by molar-refractivity contribution is -0.132. The monoisotopic (exact) mass is 187 g/mol. The van der Waals surface area contributed by atoms with Crippen LogP contribution in [0.25, 0.3) is 0 Å². The van der Waals surface area contributed by atoms with Crippen LogP contribution < -0.4 is 0 Å². The fraction of sp³-hybridized carbons (Fsp3) is 0.500. The summed E-state index contributed by atoms with van der Waals surface area (Å²) in [6.07, 6.45) is 1.07. The van der Waals surface area contributed by atoms with Gasteiger partial charge in [0.05, 0.1) is 6.54 Å². The van der Waals surface area contributed by atoms with E-state index in [1.807, 2.05) is 0 Å². The topological polar surface area (TPSA) is 57.6 Å². The molecule has 1 atom stereocenters. The van der Waals surface area contributed by atoms with Crippen molar-refractivity contribution in [1.29, 1.82) is 0 Å². The van der Waals surface area contributed by atoms with Crippen molar-refractivity contribution in [3.63, 3.8) is 0 Å². The molecule has 0 saturated carbocycles. The number of carboxylic acid groups (broad SMARTS) is 1. The van der Waals surface area contributed by atoms with Gasteiger partial charge in [-0.15, -0.1) is 0 Å². The first kappa shape index (κ1) is 9.70. The second-order valence-electron chi connectivity index (χ2n) is 2.84. The van der Waals surface area contributed by atoms with E-state index in [-0.39, 0.29) is 6.54 Å². The zero-order valence-corrected chi connectivity index (χ0v) is 6.94. The molecule has 1 N–H and O–H groups in total. The summed E-state index contributed by atoms with van der Waals surface area (Å²) in [5.41, 5.74) is 0. The Morgan fingerprint density at radius 1 is 1.46 bits per heavy atom. The molecule has 0 bridgehead atoms. The van der Waals surface area contributed by atoms with Crippen molar-refractivity contribution in [1.82, 2.24) is 4.90 Å².